The number of aromatic nitrogens is 2. The highest BCUT2D eigenvalue weighted by molar-refractivity contribution is 7.13. The van der Waals surface area contributed by atoms with Gasteiger partial charge < -0.3 is 10.2 Å². The van der Waals surface area contributed by atoms with E-state index in [0.29, 0.717) is 16.7 Å². The van der Waals surface area contributed by atoms with Gasteiger partial charge in [-0.1, -0.05) is 11.3 Å². The number of benzene rings is 1. The standard InChI is InChI=1S/C20H27FN6OS/c1-25-8-2-3-17(13-25)27-11-9-26(10-12-27)14-18-23-24-20(29-18)19(28)22-16-6-4-15(21)5-7-16/h4-7,17H,2-3,8-14H2,1H3,(H,22,28). The Morgan fingerprint density at radius 3 is 2.66 bits per heavy atom. The van der Waals surface area contributed by atoms with Crippen LogP contribution in [0.15, 0.2) is 24.3 Å². The van der Waals surface area contributed by atoms with Gasteiger partial charge in [0.05, 0.1) is 6.54 Å². The molecule has 0 spiro atoms. The van der Waals surface area contributed by atoms with Gasteiger partial charge in [-0.15, -0.1) is 10.2 Å². The summed E-state index contributed by atoms with van der Waals surface area (Å²) in [5.74, 6) is -0.650. The number of nitrogens with zero attached hydrogens (tertiary/aromatic N) is 5. The van der Waals surface area contributed by atoms with E-state index in [1.54, 1.807) is 0 Å². The summed E-state index contributed by atoms with van der Waals surface area (Å²) in [5, 5.41) is 12.1. The first-order chi connectivity index (χ1) is 14.1. The van der Waals surface area contributed by atoms with Gasteiger partial charge >= 0.3 is 0 Å². The van der Waals surface area contributed by atoms with Gasteiger partial charge in [0.15, 0.2) is 0 Å². The van der Waals surface area contributed by atoms with Crippen molar-refractivity contribution in [2.75, 3.05) is 51.6 Å². The number of rotatable bonds is 5. The van der Waals surface area contributed by atoms with Gasteiger partial charge in [-0.05, 0) is 50.7 Å². The molecule has 0 saturated carbocycles. The molecular weight excluding hydrogens is 391 g/mol. The average Bonchev–Trinajstić information content (AvgIpc) is 3.19. The Labute approximate surface area is 174 Å². The number of piperazine rings is 1. The number of hydrogen-bond acceptors (Lipinski definition) is 7. The van der Waals surface area contributed by atoms with Crippen LogP contribution in [0.25, 0.3) is 0 Å². The Morgan fingerprint density at radius 2 is 1.93 bits per heavy atom. The molecule has 2 aliphatic heterocycles. The van der Waals surface area contributed by atoms with E-state index in [1.165, 1.54) is 61.5 Å². The third kappa shape index (κ3) is 5.36. The van der Waals surface area contributed by atoms with Crippen molar-refractivity contribution < 1.29 is 9.18 Å². The number of carbonyl (C=O) groups is 1. The van der Waals surface area contributed by atoms with Gasteiger partial charge in [-0.3, -0.25) is 14.6 Å². The molecule has 0 bridgehead atoms. The molecule has 0 radical (unpaired) electrons. The predicted molar refractivity (Wildman–Crippen MR) is 112 cm³/mol. The van der Waals surface area contributed by atoms with Gasteiger partial charge in [-0.2, -0.15) is 0 Å². The molecule has 1 aromatic carbocycles. The molecular formula is C20H27FN6OS. The summed E-state index contributed by atoms with van der Waals surface area (Å²) < 4.78 is 13.0. The topological polar surface area (TPSA) is 64.6 Å². The van der Waals surface area contributed by atoms with Crippen molar-refractivity contribution in [3.8, 4) is 0 Å². The van der Waals surface area contributed by atoms with Crippen LogP contribution in [0, 0.1) is 5.82 Å². The minimum absolute atomic E-state index is 0.313. The van der Waals surface area contributed by atoms with Crippen LogP contribution in [0.3, 0.4) is 0 Å². The number of hydrogen-bond donors (Lipinski definition) is 1. The van der Waals surface area contributed by atoms with E-state index >= 15 is 0 Å². The van der Waals surface area contributed by atoms with Crippen molar-refractivity contribution in [1.29, 1.82) is 0 Å². The average molecular weight is 419 g/mol. The summed E-state index contributed by atoms with van der Waals surface area (Å²) >= 11 is 1.32. The highest BCUT2D eigenvalue weighted by Gasteiger charge is 2.27. The number of carbonyl (C=O) groups excluding carboxylic acids is 1. The fraction of sp³-hybridized carbons (Fsp3) is 0.550. The second-order valence-electron chi connectivity index (χ2n) is 7.83. The normalized spacial score (nSPS) is 21.9. The fourth-order valence-corrected chi connectivity index (χ4v) is 4.82. The highest BCUT2D eigenvalue weighted by atomic mass is 32.1. The monoisotopic (exact) mass is 418 g/mol. The zero-order chi connectivity index (χ0) is 20.2. The lowest BCUT2D eigenvalue weighted by molar-refractivity contribution is 0.0567. The largest absolute Gasteiger partial charge is 0.320 e. The molecule has 9 heteroatoms. The maximum absolute atomic E-state index is 13.0. The molecule has 156 valence electrons. The molecule has 2 aromatic rings. The summed E-state index contributed by atoms with van der Waals surface area (Å²) in [5.41, 5.74) is 0.539. The van der Waals surface area contributed by atoms with Gasteiger partial charge in [0.1, 0.15) is 10.8 Å². The summed E-state index contributed by atoms with van der Waals surface area (Å²) in [6, 6.07) is 6.36. The van der Waals surface area contributed by atoms with Gasteiger partial charge in [0, 0.05) is 44.5 Å². The lowest BCUT2D eigenvalue weighted by atomic mass is 10.0. The van der Waals surface area contributed by atoms with Crippen molar-refractivity contribution in [2.24, 2.45) is 0 Å². The Hall–Kier alpha value is -1.94. The second-order valence-corrected chi connectivity index (χ2v) is 8.89. The van der Waals surface area contributed by atoms with Crippen molar-refractivity contribution in [3.63, 3.8) is 0 Å². The van der Waals surface area contributed by atoms with E-state index < -0.39 is 0 Å². The van der Waals surface area contributed by atoms with Crippen molar-refractivity contribution >= 4 is 22.9 Å². The van der Waals surface area contributed by atoms with Crippen molar-refractivity contribution in [2.45, 2.75) is 25.4 Å². The molecule has 1 N–H and O–H groups in total. The smallest absolute Gasteiger partial charge is 0.286 e. The van der Waals surface area contributed by atoms with Crippen LogP contribution in [-0.4, -0.2) is 83.2 Å². The van der Waals surface area contributed by atoms with E-state index in [9.17, 15) is 9.18 Å². The first-order valence-corrected chi connectivity index (χ1v) is 10.9. The third-order valence-electron chi connectivity index (χ3n) is 5.64. The van der Waals surface area contributed by atoms with Crippen LogP contribution in [0.2, 0.25) is 0 Å². The lowest BCUT2D eigenvalue weighted by Crippen LogP contribution is -2.54. The first-order valence-electron chi connectivity index (χ1n) is 10.1. The van der Waals surface area contributed by atoms with Crippen LogP contribution < -0.4 is 5.32 Å². The van der Waals surface area contributed by atoms with Crippen LogP contribution in [0.4, 0.5) is 10.1 Å². The lowest BCUT2D eigenvalue weighted by Gasteiger charge is -2.42. The number of anilines is 1. The number of amides is 1. The van der Waals surface area contributed by atoms with E-state index in [2.05, 4.69) is 37.3 Å². The van der Waals surface area contributed by atoms with E-state index in [-0.39, 0.29) is 11.7 Å². The van der Waals surface area contributed by atoms with Crippen LogP contribution >= 0.6 is 11.3 Å². The first kappa shape index (κ1) is 20.3. The quantitative estimate of drug-likeness (QED) is 0.803. The molecule has 1 atom stereocenters. The molecule has 7 nitrogen and oxygen atoms in total. The van der Waals surface area contributed by atoms with E-state index in [4.69, 9.17) is 0 Å². The molecule has 2 saturated heterocycles. The predicted octanol–water partition coefficient (Wildman–Crippen LogP) is 2.14. The Morgan fingerprint density at radius 1 is 1.17 bits per heavy atom. The van der Waals surface area contributed by atoms with Crippen LogP contribution in [-0.2, 0) is 6.54 Å². The molecule has 1 aromatic heterocycles. The molecule has 2 aliphatic rings. The Bertz CT molecular complexity index is 821. The van der Waals surface area contributed by atoms with Crippen LogP contribution in [0.5, 0.6) is 0 Å². The maximum Gasteiger partial charge on any atom is 0.286 e. The van der Waals surface area contributed by atoms with Gasteiger partial charge in [0.25, 0.3) is 5.91 Å². The van der Waals surface area contributed by atoms with Crippen LogP contribution in [0.1, 0.15) is 27.7 Å². The number of piperidine rings is 1. The molecule has 2 fully saturated rings. The summed E-state index contributed by atoms with van der Waals surface area (Å²) in [6.45, 7) is 7.28. The van der Waals surface area contributed by atoms with Crippen molar-refractivity contribution in [1.82, 2.24) is 24.9 Å². The van der Waals surface area contributed by atoms with Gasteiger partial charge in [-0.25, -0.2) is 4.39 Å². The zero-order valence-corrected chi connectivity index (χ0v) is 17.5. The Balaban J connectivity index is 1.26. The maximum atomic E-state index is 13.0. The highest BCUT2D eigenvalue weighted by Crippen LogP contribution is 2.19. The molecule has 1 unspecified atom stereocenters. The summed E-state index contributed by atoms with van der Waals surface area (Å²) in [4.78, 5) is 19.8. The number of nitrogens with one attached hydrogen (secondary N) is 1. The molecule has 0 aliphatic carbocycles. The number of likely N-dealkylation sites (N-methyl/N-ethyl adjacent to an activating group) is 1. The molecule has 1 amide bonds. The van der Waals surface area contributed by atoms with Crippen molar-refractivity contribution in [3.05, 3.63) is 40.1 Å². The van der Waals surface area contributed by atoms with Gasteiger partial charge in [0.2, 0.25) is 5.01 Å². The molecule has 3 heterocycles. The molecule has 29 heavy (non-hydrogen) atoms. The summed E-state index contributed by atoms with van der Waals surface area (Å²) in [6.07, 6.45) is 2.59. The minimum atomic E-state index is -0.336. The summed E-state index contributed by atoms with van der Waals surface area (Å²) in [7, 11) is 2.21. The number of halogens is 1. The zero-order valence-electron chi connectivity index (χ0n) is 16.7. The van der Waals surface area contributed by atoms with E-state index in [1.807, 2.05) is 0 Å². The fourth-order valence-electron chi connectivity index (χ4n) is 4.04. The second kappa shape index (κ2) is 9.25. The SMILES string of the molecule is CN1CCCC(N2CCN(Cc3nnc(C(=O)Nc4ccc(F)cc4)s3)CC2)C1. The number of likely N-dealkylation sites (tertiary alicyclic amines) is 1. The third-order valence-corrected chi connectivity index (χ3v) is 6.55. The Kier molecular flexibility index (Phi) is 6.49. The minimum Gasteiger partial charge on any atom is -0.320 e. The molecule has 4 rings (SSSR count). The van der Waals surface area contributed by atoms with E-state index in [0.717, 1.165) is 37.7 Å².